The van der Waals surface area contributed by atoms with Crippen LogP contribution in [0.25, 0.3) is 0 Å². The highest BCUT2D eigenvalue weighted by Crippen LogP contribution is 2.35. The molecule has 2 unspecified atom stereocenters. The normalized spacial score (nSPS) is 24.4. The van der Waals surface area contributed by atoms with Crippen molar-refractivity contribution in [3.8, 4) is 0 Å². The van der Waals surface area contributed by atoms with E-state index in [9.17, 15) is 14.7 Å². The first kappa shape index (κ1) is 17.0. The summed E-state index contributed by atoms with van der Waals surface area (Å²) in [5.74, 6) is -0.554. The van der Waals surface area contributed by atoms with E-state index >= 15 is 0 Å². The maximum absolute atomic E-state index is 12.1. The van der Waals surface area contributed by atoms with Gasteiger partial charge in [0.25, 0.3) is 0 Å². The monoisotopic (exact) mass is 284 g/mol. The van der Waals surface area contributed by atoms with Gasteiger partial charge in [-0.25, -0.2) is 0 Å². The van der Waals surface area contributed by atoms with Crippen molar-refractivity contribution < 1.29 is 14.7 Å². The summed E-state index contributed by atoms with van der Waals surface area (Å²) in [5, 5.41) is 12.4. The van der Waals surface area contributed by atoms with E-state index in [0.717, 1.165) is 12.8 Å². The Morgan fingerprint density at radius 3 is 2.45 bits per heavy atom. The van der Waals surface area contributed by atoms with Crippen molar-refractivity contribution in [2.24, 2.45) is 11.3 Å². The Hall–Kier alpha value is -1.10. The van der Waals surface area contributed by atoms with Gasteiger partial charge in [-0.1, -0.05) is 27.7 Å². The molecule has 0 aromatic rings. The van der Waals surface area contributed by atoms with E-state index in [2.05, 4.69) is 19.2 Å². The Balaban J connectivity index is 2.69. The zero-order valence-corrected chi connectivity index (χ0v) is 13.3. The number of amides is 1. The number of piperidine rings is 1. The molecular formula is C15H28N2O3. The first-order valence-electron chi connectivity index (χ1n) is 7.41. The average Bonchev–Trinajstić information content (AvgIpc) is 2.26. The van der Waals surface area contributed by atoms with Gasteiger partial charge in [0.05, 0.1) is 6.54 Å². The third kappa shape index (κ3) is 4.20. The van der Waals surface area contributed by atoms with Crippen LogP contribution in [0.5, 0.6) is 0 Å². The molecule has 0 aliphatic carbocycles. The molecule has 0 saturated carbocycles. The van der Waals surface area contributed by atoms with Gasteiger partial charge in [0.15, 0.2) is 0 Å². The zero-order valence-electron chi connectivity index (χ0n) is 13.3. The summed E-state index contributed by atoms with van der Waals surface area (Å²) < 4.78 is 0. The molecular weight excluding hydrogens is 256 g/mol. The lowest BCUT2D eigenvalue weighted by Crippen LogP contribution is -2.57. The molecule has 116 valence electrons. The molecule has 0 spiro atoms. The highest BCUT2D eigenvalue weighted by atomic mass is 16.4. The fourth-order valence-electron chi connectivity index (χ4n) is 2.81. The number of hydrogen-bond donors (Lipinski definition) is 2. The minimum Gasteiger partial charge on any atom is -0.480 e. The van der Waals surface area contributed by atoms with Crippen molar-refractivity contribution in [1.82, 2.24) is 10.2 Å². The van der Waals surface area contributed by atoms with E-state index in [-0.39, 0.29) is 23.9 Å². The molecule has 5 nitrogen and oxygen atoms in total. The van der Waals surface area contributed by atoms with Gasteiger partial charge in [0.1, 0.15) is 6.04 Å². The van der Waals surface area contributed by atoms with Gasteiger partial charge in [-0.05, 0) is 37.6 Å². The van der Waals surface area contributed by atoms with Crippen molar-refractivity contribution in [2.45, 2.75) is 59.5 Å². The molecule has 5 heteroatoms. The molecule has 1 fully saturated rings. The quantitative estimate of drug-likeness (QED) is 0.806. The van der Waals surface area contributed by atoms with Crippen molar-refractivity contribution in [1.29, 1.82) is 0 Å². The summed E-state index contributed by atoms with van der Waals surface area (Å²) in [6, 6.07) is -0.486. The van der Waals surface area contributed by atoms with Crippen LogP contribution < -0.4 is 5.32 Å². The zero-order chi connectivity index (χ0) is 15.5. The second kappa shape index (κ2) is 6.57. The first-order valence-corrected chi connectivity index (χ1v) is 7.41. The van der Waals surface area contributed by atoms with Crippen molar-refractivity contribution in [3.05, 3.63) is 0 Å². The maximum Gasteiger partial charge on any atom is 0.321 e. The molecule has 1 amide bonds. The molecule has 1 rings (SSSR count). The van der Waals surface area contributed by atoms with Crippen LogP contribution >= 0.6 is 0 Å². The lowest BCUT2D eigenvalue weighted by atomic mass is 9.76. The van der Waals surface area contributed by atoms with E-state index in [1.807, 2.05) is 20.8 Å². The number of carbonyl (C=O) groups is 2. The molecule has 1 aliphatic heterocycles. The highest BCUT2D eigenvalue weighted by Gasteiger charge is 2.42. The van der Waals surface area contributed by atoms with Gasteiger partial charge in [0, 0.05) is 6.04 Å². The molecule has 1 saturated heterocycles. The predicted octanol–water partition coefficient (Wildman–Crippen LogP) is 1.72. The second-order valence-electron chi connectivity index (χ2n) is 6.90. The molecule has 2 atom stereocenters. The lowest BCUT2D eigenvalue weighted by Gasteiger charge is -2.43. The number of carboxylic acids is 1. The lowest BCUT2D eigenvalue weighted by molar-refractivity contribution is -0.151. The summed E-state index contributed by atoms with van der Waals surface area (Å²) >= 11 is 0. The third-order valence-corrected chi connectivity index (χ3v) is 4.34. The Labute approximate surface area is 121 Å². The van der Waals surface area contributed by atoms with Crippen molar-refractivity contribution in [2.75, 3.05) is 13.1 Å². The van der Waals surface area contributed by atoms with Gasteiger partial charge in [-0.15, -0.1) is 0 Å². The standard InChI is InChI=1S/C15H28N2O3/c1-10(2)11(3)16-12(18)9-17-8-6-7-15(4,5)13(17)14(19)20/h10-11,13H,6-9H2,1-5H3,(H,16,18)(H,19,20). The SMILES string of the molecule is CC(C)C(C)NC(=O)CN1CCCC(C)(C)C1C(=O)O. The van der Waals surface area contributed by atoms with Crippen LogP contribution in [0.1, 0.15) is 47.5 Å². The molecule has 1 aliphatic rings. The number of rotatable bonds is 5. The number of likely N-dealkylation sites (tertiary alicyclic amines) is 1. The maximum atomic E-state index is 12.1. The van der Waals surface area contributed by atoms with Crippen LogP contribution in [0.2, 0.25) is 0 Å². The number of hydrogen-bond acceptors (Lipinski definition) is 3. The van der Waals surface area contributed by atoms with Crippen LogP contribution in [0.4, 0.5) is 0 Å². The number of carboxylic acid groups (broad SMARTS) is 1. The Morgan fingerprint density at radius 2 is 1.95 bits per heavy atom. The van der Waals surface area contributed by atoms with Gasteiger partial charge in [-0.2, -0.15) is 0 Å². The minimum absolute atomic E-state index is 0.0878. The van der Waals surface area contributed by atoms with Crippen molar-refractivity contribution >= 4 is 11.9 Å². The number of aliphatic carboxylic acids is 1. The average molecular weight is 284 g/mol. The third-order valence-electron chi connectivity index (χ3n) is 4.34. The van der Waals surface area contributed by atoms with Gasteiger partial charge >= 0.3 is 5.97 Å². The Morgan fingerprint density at radius 1 is 1.35 bits per heavy atom. The van der Waals surface area contributed by atoms with E-state index in [1.54, 1.807) is 4.90 Å². The highest BCUT2D eigenvalue weighted by molar-refractivity contribution is 5.80. The summed E-state index contributed by atoms with van der Waals surface area (Å²) in [6.07, 6.45) is 1.81. The fraction of sp³-hybridized carbons (Fsp3) is 0.867. The molecule has 0 bridgehead atoms. The first-order chi connectivity index (χ1) is 9.15. The summed E-state index contributed by atoms with van der Waals surface area (Å²) in [7, 11) is 0. The predicted molar refractivity (Wildman–Crippen MR) is 78.5 cm³/mol. The molecule has 0 radical (unpaired) electrons. The Bertz CT molecular complexity index is 366. The van der Waals surface area contributed by atoms with Crippen LogP contribution in [0, 0.1) is 11.3 Å². The van der Waals surface area contributed by atoms with Crippen LogP contribution in [0.15, 0.2) is 0 Å². The molecule has 20 heavy (non-hydrogen) atoms. The Kier molecular flexibility index (Phi) is 5.57. The molecule has 1 heterocycles. The molecule has 0 aromatic heterocycles. The van der Waals surface area contributed by atoms with E-state index < -0.39 is 12.0 Å². The second-order valence-corrected chi connectivity index (χ2v) is 6.90. The van der Waals surface area contributed by atoms with Gasteiger partial charge in [-0.3, -0.25) is 14.5 Å². The van der Waals surface area contributed by atoms with E-state index in [0.29, 0.717) is 12.5 Å². The topological polar surface area (TPSA) is 69.6 Å². The summed E-state index contributed by atoms with van der Waals surface area (Å²) in [4.78, 5) is 25.4. The number of nitrogens with zero attached hydrogens (tertiary/aromatic N) is 1. The minimum atomic E-state index is -0.834. The van der Waals surface area contributed by atoms with Crippen LogP contribution in [0.3, 0.4) is 0 Å². The fourth-order valence-corrected chi connectivity index (χ4v) is 2.81. The van der Waals surface area contributed by atoms with Crippen LogP contribution in [-0.2, 0) is 9.59 Å². The molecule has 0 aromatic carbocycles. The van der Waals surface area contributed by atoms with Gasteiger partial charge in [0.2, 0.25) is 5.91 Å². The number of nitrogens with one attached hydrogen (secondary N) is 1. The smallest absolute Gasteiger partial charge is 0.321 e. The largest absolute Gasteiger partial charge is 0.480 e. The van der Waals surface area contributed by atoms with Gasteiger partial charge < -0.3 is 10.4 Å². The van der Waals surface area contributed by atoms with Crippen molar-refractivity contribution in [3.63, 3.8) is 0 Å². The molecule has 2 N–H and O–H groups in total. The van der Waals surface area contributed by atoms with Crippen LogP contribution in [-0.4, -0.2) is 47.1 Å². The van der Waals surface area contributed by atoms with E-state index in [1.165, 1.54) is 0 Å². The number of carbonyl (C=O) groups excluding carboxylic acids is 1. The van der Waals surface area contributed by atoms with E-state index in [4.69, 9.17) is 0 Å². The summed E-state index contributed by atoms with van der Waals surface area (Å²) in [5.41, 5.74) is -0.298. The summed E-state index contributed by atoms with van der Waals surface area (Å²) in [6.45, 7) is 10.8.